The van der Waals surface area contributed by atoms with E-state index in [1.165, 1.54) is 51.7 Å². The number of aromatic hydroxyl groups is 1. The average Bonchev–Trinajstić information content (AvgIpc) is 2.88. The number of aliphatic hydroxyl groups is 3. The Labute approximate surface area is 204 Å². The van der Waals surface area contributed by atoms with E-state index in [1.54, 1.807) is 0 Å². The molecule has 0 aliphatic carbocycles. The molecular formula is C23H26O13. The topological polar surface area (TPSA) is 191 Å². The molecule has 0 unspecified atom stereocenters. The number of hydrogen-bond acceptors (Lipinski definition) is 12. The van der Waals surface area contributed by atoms with Crippen LogP contribution in [0.1, 0.15) is 20.7 Å². The summed E-state index contributed by atoms with van der Waals surface area (Å²) in [6.07, 6.45) is -7.94. The van der Waals surface area contributed by atoms with Crippen molar-refractivity contribution in [1.29, 1.82) is 0 Å². The van der Waals surface area contributed by atoms with Crippen molar-refractivity contribution in [3.05, 3.63) is 41.5 Å². The Morgan fingerprint density at radius 2 is 1.42 bits per heavy atom. The highest BCUT2D eigenvalue weighted by atomic mass is 16.7. The van der Waals surface area contributed by atoms with Gasteiger partial charge in [-0.25, -0.2) is 9.59 Å². The van der Waals surface area contributed by atoms with Crippen LogP contribution in [-0.2, 0) is 9.47 Å². The summed E-state index contributed by atoms with van der Waals surface area (Å²) >= 11 is 0. The van der Waals surface area contributed by atoms with Crippen LogP contribution in [0, 0.1) is 0 Å². The molecule has 3 rings (SSSR count). The quantitative estimate of drug-likeness (QED) is 0.287. The van der Waals surface area contributed by atoms with E-state index in [0.29, 0.717) is 0 Å². The lowest BCUT2D eigenvalue weighted by atomic mass is 9.99. The second kappa shape index (κ2) is 11.3. The average molecular weight is 510 g/mol. The predicted molar refractivity (Wildman–Crippen MR) is 119 cm³/mol. The van der Waals surface area contributed by atoms with Crippen molar-refractivity contribution in [3.8, 4) is 28.7 Å². The zero-order chi connectivity index (χ0) is 26.6. The first kappa shape index (κ1) is 26.8. The summed E-state index contributed by atoms with van der Waals surface area (Å²) in [5.74, 6) is -2.45. The summed E-state index contributed by atoms with van der Waals surface area (Å²) in [5, 5.41) is 50.1. The van der Waals surface area contributed by atoms with Crippen LogP contribution in [0.25, 0.3) is 0 Å². The maximum absolute atomic E-state index is 12.6. The van der Waals surface area contributed by atoms with Gasteiger partial charge < -0.3 is 54.0 Å². The molecule has 1 fully saturated rings. The Morgan fingerprint density at radius 1 is 0.833 bits per heavy atom. The van der Waals surface area contributed by atoms with Gasteiger partial charge in [0.15, 0.2) is 23.0 Å². The van der Waals surface area contributed by atoms with Crippen molar-refractivity contribution < 1.29 is 63.5 Å². The predicted octanol–water partition coefficient (Wildman–Crippen LogP) is 0.160. The van der Waals surface area contributed by atoms with Crippen LogP contribution < -0.4 is 18.9 Å². The number of aliphatic hydroxyl groups excluding tert-OH is 3. The van der Waals surface area contributed by atoms with Crippen molar-refractivity contribution in [2.75, 3.05) is 27.9 Å². The molecule has 0 spiro atoms. The van der Waals surface area contributed by atoms with Gasteiger partial charge in [0.2, 0.25) is 12.0 Å². The zero-order valence-electron chi connectivity index (χ0n) is 19.5. The van der Waals surface area contributed by atoms with Crippen LogP contribution in [0.3, 0.4) is 0 Å². The highest BCUT2D eigenvalue weighted by Gasteiger charge is 2.45. The maximum atomic E-state index is 12.6. The fourth-order valence-electron chi connectivity index (χ4n) is 3.43. The molecule has 13 nitrogen and oxygen atoms in total. The number of benzene rings is 2. The minimum atomic E-state index is -1.73. The Hall–Kier alpha value is -3.78. The van der Waals surface area contributed by atoms with Crippen molar-refractivity contribution in [1.82, 2.24) is 0 Å². The number of carboxylic acids is 1. The number of rotatable bonds is 9. The lowest BCUT2D eigenvalue weighted by Crippen LogP contribution is -2.60. The first-order valence-corrected chi connectivity index (χ1v) is 10.5. The molecule has 196 valence electrons. The second-order valence-corrected chi connectivity index (χ2v) is 7.63. The lowest BCUT2D eigenvalue weighted by molar-refractivity contribution is -0.277. The Balaban J connectivity index is 1.74. The van der Waals surface area contributed by atoms with E-state index in [9.17, 15) is 30.0 Å². The fourth-order valence-corrected chi connectivity index (χ4v) is 3.43. The number of phenolic OH excluding ortho intramolecular Hbond substituents is 1. The SMILES string of the molecule is COc1cc(C(=O)O)ccc1O[C@@H]1O[C@H](COC(=O)c2cc(OC)c(O)c(OC)c2)[C@H](O)[C@@H](O)[C@@H]1O. The molecule has 1 aliphatic rings. The van der Waals surface area contributed by atoms with Crippen LogP contribution in [0.4, 0.5) is 0 Å². The molecule has 0 amide bonds. The largest absolute Gasteiger partial charge is 0.502 e. The molecule has 36 heavy (non-hydrogen) atoms. The summed E-state index contributed by atoms with van der Waals surface area (Å²) < 4.78 is 31.4. The van der Waals surface area contributed by atoms with Crippen LogP contribution in [0.5, 0.6) is 28.7 Å². The van der Waals surface area contributed by atoms with E-state index in [1.807, 2.05) is 0 Å². The first-order chi connectivity index (χ1) is 17.1. The van der Waals surface area contributed by atoms with Gasteiger partial charge in [-0.2, -0.15) is 0 Å². The number of carbonyl (C=O) groups is 2. The number of carboxylic acid groups (broad SMARTS) is 1. The molecule has 1 saturated heterocycles. The molecule has 0 saturated carbocycles. The van der Waals surface area contributed by atoms with E-state index >= 15 is 0 Å². The van der Waals surface area contributed by atoms with Crippen LogP contribution in [0.15, 0.2) is 30.3 Å². The summed E-state index contributed by atoms with van der Waals surface area (Å²) in [6.45, 7) is -0.551. The minimum Gasteiger partial charge on any atom is -0.502 e. The molecular weight excluding hydrogens is 484 g/mol. The monoisotopic (exact) mass is 510 g/mol. The molecule has 0 bridgehead atoms. The van der Waals surface area contributed by atoms with E-state index in [4.69, 9.17) is 33.5 Å². The molecule has 13 heteroatoms. The molecule has 1 heterocycles. The standard InChI is InChI=1S/C23H26O13/c1-31-13-6-10(21(28)29)4-5-12(13)35-23-20(27)19(26)18(25)16(36-23)9-34-22(30)11-7-14(32-2)17(24)15(8-11)33-3/h4-8,16,18-20,23-27H,9H2,1-3H3,(H,28,29)/t16-,18+,19-,20+,23-/m1/s1. The number of aromatic carboxylic acids is 1. The van der Waals surface area contributed by atoms with Crippen molar-refractivity contribution in [3.63, 3.8) is 0 Å². The summed E-state index contributed by atoms with van der Waals surface area (Å²) in [4.78, 5) is 23.7. The van der Waals surface area contributed by atoms with Crippen LogP contribution in [-0.4, -0.2) is 96.1 Å². The molecule has 1 aliphatic heterocycles. The number of hydrogen-bond donors (Lipinski definition) is 5. The van der Waals surface area contributed by atoms with Gasteiger partial charge in [0.1, 0.15) is 31.0 Å². The minimum absolute atomic E-state index is 0.00540. The van der Waals surface area contributed by atoms with Gasteiger partial charge in [-0.1, -0.05) is 0 Å². The van der Waals surface area contributed by atoms with Gasteiger partial charge in [0, 0.05) is 0 Å². The highest BCUT2D eigenvalue weighted by Crippen LogP contribution is 2.37. The third-order valence-corrected chi connectivity index (χ3v) is 5.42. The Bertz CT molecular complexity index is 1080. The van der Waals surface area contributed by atoms with Gasteiger partial charge >= 0.3 is 11.9 Å². The van der Waals surface area contributed by atoms with Gasteiger partial charge in [0.05, 0.1) is 32.5 Å². The normalized spacial score (nSPS) is 23.4. The molecule has 2 aromatic carbocycles. The van der Waals surface area contributed by atoms with E-state index in [2.05, 4.69) is 0 Å². The van der Waals surface area contributed by atoms with Crippen molar-refractivity contribution >= 4 is 11.9 Å². The number of methoxy groups -OCH3 is 3. The Morgan fingerprint density at radius 3 is 1.97 bits per heavy atom. The number of carbonyl (C=O) groups excluding carboxylic acids is 1. The summed E-state index contributed by atoms with van der Waals surface area (Å²) in [7, 11) is 3.85. The van der Waals surface area contributed by atoms with Gasteiger partial charge in [-0.05, 0) is 30.3 Å². The number of ether oxygens (including phenoxy) is 6. The van der Waals surface area contributed by atoms with E-state index in [-0.39, 0.29) is 39.9 Å². The molecule has 2 aromatic rings. The van der Waals surface area contributed by atoms with Gasteiger partial charge in [-0.3, -0.25) is 0 Å². The molecule has 5 N–H and O–H groups in total. The second-order valence-electron chi connectivity index (χ2n) is 7.63. The third-order valence-electron chi connectivity index (χ3n) is 5.42. The van der Waals surface area contributed by atoms with Crippen LogP contribution in [0.2, 0.25) is 0 Å². The van der Waals surface area contributed by atoms with E-state index < -0.39 is 49.3 Å². The van der Waals surface area contributed by atoms with Crippen molar-refractivity contribution in [2.24, 2.45) is 0 Å². The smallest absolute Gasteiger partial charge is 0.338 e. The van der Waals surface area contributed by atoms with Gasteiger partial charge in [0.25, 0.3) is 0 Å². The molecule has 0 radical (unpaired) electrons. The summed E-state index contributed by atoms with van der Waals surface area (Å²) in [6, 6.07) is 6.14. The molecule has 0 aromatic heterocycles. The van der Waals surface area contributed by atoms with Crippen LogP contribution >= 0.6 is 0 Å². The fraction of sp³-hybridized carbons (Fsp3) is 0.391. The maximum Gasteiger partial charge on any atom is 0.338 e. The third kappa shape index (κ3) is 5.54. The van der Waals surface area contributed by atoms with Gasteiger partial charge in [-0.15, -0.1) is 0 Å². The zero-order valence-corrected chi connectivity index (χ0v) is 19.5. The highest BCUT2D eigenvalue weighted by molar-refractivity contribution is 5.91. The summed E-state index contributed by atoms with van der Waals surface area (Å²) in [5.41, 5.74) is -0.115. The Kier molecular flexibility index (Phi) is 8.42. The van der Waals surface area contributed by atoms with Crippen molar-refractivity contribution in [2.45, 2.75) is 30.7 Å². The lowest BCUT2D eigenvalue weighted by Gasteiger charge is -2.40. The van der Waals surface area contributed by atoms with E-state index in [0.717, 1.165) is 0 Å². The molecule has 5 atom stereocenters. The first-order valence-electron chi connectivity index (χ1n) is 10.5. The number of phenols is 1. The number of esters is 1.